The van der Waals surface area contributed by atoms with Crippen molar-refractivity contribution < 1.29 is 30.0 Å². The second-order valence-corrected chi connectivity index (χ2v) is 4.51. The van der Waals surface area contributed by atoms with Gasteiger partial charge in [-0.3, -0.25) is 4.79 Å². The molecule has 0 aromatic carbocycles. The average Bonchev–Trinajstić information content (AvgIpc) is 2.45. The van der Waals surface area contributed by atoms with E-state index in [2.05, 4.69) is 10.6 Å². The molecule has 0 heterocycles. The fraction of sp³-hybridized carbons (Fsp3) is 0.833. The van der Waals surface area contributed by atoms with Gasteiger partial charge in [0.25, 0.3) is 0 Å². The van der Waals surface area contributed by atoms with Gasteiger partial charge in [0, 0.05) is 19.6 Å². The Hall–Kier alpha value is -1.06. The number of carbonyl (C=O) groups excluding carboxylic acids is 2. The van der Waals surface area contributed by atoms with Crippen molar-refractivity contribution in [1.82, 2.24) is 10.6 Å². The monoisotopic (exact) mass is 292 g/mol. The third-order valence-corrected chi connectivity index (χ3v) is 2.94. The lowest BCUT2D eigenvalue weighted by Gasteiger charge is -2.22. The smallest absolute Gasteiger partial charge is 0.220 e. The Bertz CT molecular complexity index is 289. The summed E-state index contributed by atoms with van der Waals surface area (Å²) in [4.78, 5) is 22.0. The van der Waals surface area contributed by atoms with Crippen molar-refractivity contribution in [2.24, 2.45) is 0 Å². The van der Waals surface area contributed by atoms with E-state index < -0.39 is 24.4 Å². The van der Waals surface area contributed by atoms with Crippen LogP contribution in [-0.2, 0) is 9.59 Å². The molecule has 0 fully saturated rings. The summed E-state index contributed by atoms with van der Waals surface area (Å²) in [6, 6.07) is -0.400. The molecule has 3 unspecified atom stereocenters. The van der Waals surface area contributed by atoms with Gasteiger partial charge in [-0.1, -0.05) is 0 Å². The second kappa shape index (κ2) is 10.7. The van der Waals surface area contributed by atoms with E-state index in [4.69, 9.17) is 5.11 Å². The molecule has 8 nitrogen and oxygen atoms in total. The van der Waals surface area contributed by atoms with Crippen molar-refractivity contribution in [1.29, 1.82) is 0 Å². The van der Waals surface area contributed by atoms with E-state index in [1.54, 1.807) is 7.05 Å². The number of aldehydes is 1. The lowest BCUT2D eigenvalue weighted by atomic mass is 10.1. The topological polar surface area (TPSA) is 139 Å². The third kappa shape index (κ3) is 7.51. The number of nitrogens with one attached hydrogen (secondary N) is 2. The van der Waals surface area contributed by atoms with Crippen LogP contribution in [0, 0.1) is 0 Å². The van der Waals surface area contributed by atoms with E-state index >= 15 is 0 Å². The first kappa shape index (κ1) is 18.9. The minimum atomic E-state index is -1.44. The quantitative estimate of drug-likeness (QED) is 0.225. The Kier molecular flexibility index (Phi) is 10.1. The Morgan fingerprint density at radius 1 is 1.20 bits per heavy atom. The van der Waals surface area contributed by atoms with E-state index in [-0.39, 0.29) is 31.9 Å². The van der Waals surface area contributed by atoms with Gasteiger partial charge >= 0.3 is 0 Å². The lowest BCUT2D eigenvalue weighted by molar-refractivity contribution is -0.123. The van der Waals surface area contributed by atoms with E-state index in [0.29, 0.717) is 12.7 Å². The van der Waals surface area contributed by atoms with Crippen LogP contribution in [0.15, 0.2) is 0 Å². The summed E-state index contributed by atoms with van der Waals surface area (Å²) in [7, 11) is 1.61. The summed E-state index contributed by atoms with van der Waals surface area (Å²) in [5.41, 5.74) is 0. The molecule has 0 aliphatic carbocycles. The van der Waals surface area contributed by atoms with Gasteiger partial charge in [0.2, 0.25) is 5.91 Å². The van der Waals surface area contributed by atoms with E-state index in [0.717, 1.165) is 0 Å². The van der Waals surface area contributed by atoms with Crippen LogP contribution < -0.4 is 10.6 Å². The number of hydrogen-bond acceptors (Lipinski definition) is 7. The van der Waals surface area contributed by atoms with Crippen molar-refractivity contribution in [3.05, 3.63) is 0 Å². The van der Waals surface area contributed by atoms with Gasteiger partial charge in [-0.15, -0.1) is 0 Å². The van der Waals surface area contributed by atoms with Crippen LogP contribution in [0.25, 0.3) is 0 Å². The zero-order chi connectivity index (χ0) is 15.5. The van der Waals surface area contributed by atoms with Crippen molar-refractivity contribution in [3.63, 3.8) is 0 Å². The molecule has 0 bridgehead atoms. The number of aliphatic hydroxyl groups is 4. The Morgan fingerprint density at radius 2 is 1.85 bits per heavy atom. The SMILES string of the molecule is CN[C@H](C=O)CCC(=O)NCC(O)C(O)C(O)CCO. The summed E-state index contributed by atoms with van der Waals surface area (Å²) >= 11 is 0. The van der Waals surface area contributed by atoms with Crippen molar-refractivity contribution in [2.75, 3.05) is 20.2 Å². The van der Waals surface area contributed by atoms with Gasteiger partial charge in [-0.2, -0.15) is 0 Å². The summed E-state index contributed by atoms with van der Waals surface area (Å²) in [5.74, 6) is -0.366. The van der Waals surface area contributed by atoms with Gasteiger partial charge < -0.3 is 35.9 Å². The molecule has 0 spiro atoms. The van der Waals surface area contributed by atoms with Crippen LogP contribution >= 0.6 is 0 Å². The first-order chi connectivity index (χ1) is 9.46. The lowest BCUT2D eigenvalue weighted by Crippen LogP contribution is -2.45. The van der Waals surface area contributed by atoms with Crippen LogP contribution in [0.2, 0.25) is 0 Å². The number of hydrogen-bond donors (Lipinski definition) is 6. The zero-order valence-electron chi connectivity index (χ0n) is 11.5. The van der Waals surface area contributed by atoms with Gasteiger partial charge in [-0.05, 0) is 19.9 Å². The van der Waals surface area contributed by atoms with E-state index in [1.165, 1.54) is 0 Å². The molecule has 0 aromatic heterocycles. The minimum Gasteiger partial charge on any atom is -0.396 e. The maximum absolute atomic E-state index is 11.5. The number of aliphatic hydroxyl groups excluding tert-OH is 4. The molecule has 0 saturated carbocycles. The Labute approximate surface area is 117 Å². The molecule has 0 rings (SSSR count). The number of likely N-dealkylation sites (N-methyl/N-ethyl adjacent to an activating group) is 1. The zero-order valence-corrected chi connectivity index (χ0v) is 11.5. The molecule has 20 heavy (non-hydrogen) atoms. The van der Waals surface area contributed by atoms with Crippen molar-refractivity contribution >= 4 is 12.2 Å². The predicted octanol–water partition coefficient (Wildman–Crippen LogP) is -2.87. The highest BCUT2D eigenvalue weighted by atomic mass is 16.4. The van der Waals surface area contributed by atoms with Gasteiger partial charge in [0.1, 0.15) is 12.4 Å². The van der Waals surface area contributed by atoms with E-state index in [1.807, 2.05) is 0 Å². The summed E-state index contributed by atoms with van der Waals surface area (Å²) in [6.45, 7) is -0.526. The number of carbonyl (C=O) groups is 2. The fourth-order valence-corrected chi connectivity index (χ4v) is 1.55. The largest absolute Gasteiger partial charge is 0.396 e. The highest BCUT2D eigenvalue weighted by Gasteiger charge is 2.24. The molecule has 0 aliphatic rings. The Balaban J connectivity index is 3.96. The average molecular weight is 292 g/mol. The molecule has 8 heteroatoms. The van der Waals surface area contributed by atoms with Gasteiger partial charge in [0.15, 0.2) is 0 Å². The summed E-state index contributed by atoms with van der Waals surface area (Å²) < 4.78 is 0. The van der Waals surface area contributed by atoms with Crippen molar-refractivity contribution in [2.45, 2.75) is 43.6 Å². The molecule has 0 radical (unpaired) electrons. The third-order valence-electron chi connectivity index (χ3n) is 2.94. The predicted molar refractivity (Wildman–Crippen MR) is 70.9 cm³/mol. The maximum atomic E-state index is 11.5. The maximum Gasteiger partial charge on any atom is 0.220 e. The van der Waals surface area contributed by atoms with Gasteiger partial charge in [-0.25, -0.2) is 0 Å². The van der Waals surface area contributed by atoms with Crippen LogP contribution in [-0.4, -0.2) is 77.2 Å². The summed E-state index contributed by atoms with van der Waals surface area (Å²) in [5, 5.41) is 42.1. The number of amides is 1. The summed E-state index contributed by atoms with van der Waals surface area (Å²) in [6.07, 6.45) is -2.94. The number of rotatable bonds is 11. The van der Waals surface area contributed by atoms with Crippen LogP contribution in [0.1, 0.15) is 19.3 Å². The second-order valence-electron chi connectivity index (χ2n) is 4.51. The molecular weight excluding hydrogens is 268 g/mol. The first-order valence-electron chi connectivity index (χ1n) is 6.50. The highest BCUT2D eigenvalue weighted by molar-refractivity contribution is 5.76. The van der Waals surface area contributed by atoms with Crippen LogP contribution in [0.5, 0.6) is 0 Å². The van der Waals surface area contributed by atoms with Crippen LogP contribution in [0.4, 0.5) is 0 Å². The molecule has 0 aliphatic heterocycles. The normalized spacial score (nSPS) is 17.1. The van der Waals surface area contributed by atoms with Crippen molar-refractivity contribution in [3.8, 4) is 0 Å². The molecule has 0 aromatic rings. The molecular formula is C12H24N2O6. The fourth-order valence-electron chi connectivity index (χ4n) is 1.55. The standard InChI is InChI=1S/C12H24N2O6/c1-13-8(7-16)2-3-11(19)14-6-10(18)12(20)9(17)4-5-15/h7-10,12-13,15,17-18,20H,2-6H2,1H3,(H,14,19)/t8-,9?,10?,12?/m0/s1. The Morgan fingerprint density at radius 3 is 2.35 bits per heavy atom. The minimum absolute atomic E-state index is 0.0602. The van der Waals surface area contributed by atoms with E-state index in [9.17, 15) is 24.9 Å². The molecule has 4 atom stereocenters. The first-order valence-corrected chi connectivity index (χ1v) is 6.50. The van der Waals surface area contributed by atoms with Crippen LogP contribution in [0.3, 0.4) is 0 Å². The highest BCUT2D eigenvalue weighted by Crippen LogP contribution is 2.03. The molecule has 118 valence electrons. The molecule has 1 amide bonds. The molecule has 6 N–H and O–H groups in total. The van der Waals surface area contributed by atoms with Gasteiger partial charge in [0.05, 0.1) is 18.2 Å². The molecule has 0 saturated heterocycles.